The van der Waals surface area contributed by atoms with E-state index in [1.54, 1.807) is 0 Å². The van der Waals surface area contributed by atoms with Gasteiger partial charge >= 0.3 is 5.97 Å². The van der Waals surface area contributed by atoms with E-state index in [1.807, 2.05) is 13.8 Å². The maximum atomic E-state index is 12.6. The van der Waals surface area contributed by atoms with Crippen LogP contribution in [-0.4, -0.2) is 27.6 Å². The van der Waals surface area contributed by atoms with E-state index in [0.717, 1.165) is 32.1 Å². The Morgan fingerprint density at radius 3 is 2.43 bits per heavy atom. The summed E-state index contributed by atoms with van der Waals surface area (Å²) in [7, 11) is 0. The minimum absolute atomic E-state index is 0.0533. The average molecular weight is 322 g/mol. The van der Waals surface area contributed by atoms with E-state index in [2.05, 4.69) is 6.92 Å². The number of ketones is 1. The normalized spacial score (nSPS) is 49.6. The summed E-state index contributed by atoms with van der Waals surface area (Å²) in [4.78, 5) is 23.7. The second-order valence-corrected chi connectivity index (χ2v) is 8.92. The van der Waals surface area contributed by atoms with Gasteiger partial charge in [0.1, 0.15) is 5.78 Å². The van der Waals surface area contributed by atoms with Crippen molar-refractivity contribution in [2.24, 2.45) is 28.6 Å². The largest absolute Gasteiger partial charge is 0.481 e. The minimum Gasteiger partial charge on any atom is -0.481 e. The van der Waals surface area contributed by atoms with Gasteiger partial charge in [0.05, 0.1) is 5.60 Å². The highest BCUT2D eigenvalue weighted by atomic mass is 16.4. The quantitative estimate of drug-likeness (QED) is 0.835. The third-order valence-electron chi connectivity index (χ3n) is 8.02. The standard InChI is InChI=1S/C19H30O4/c1-17(9-8-16(21)22)13-6-10-18(2)14(7-11-19(18,3)23)12(13)4-5-15(17)20/h12-14,23H,4-11H2,1-3H3,(H,21,22). The second kappa shape index (κ2) is 5.30. The molecule has 6 atom stereocenters. The number of hydrogen-bond acceptors (Lipinski definition) is 3. The summed E-state index contributed by atoms with van der Waals surface area (Å²) in [5, 5.41) is 19.9. The molecule has 3 rings (SSSR count). The van der Waals surface area contributed by atoms with E-state index >= 15 is 0 Å². The maximum Gasteiger partial charge on any atom is 0.303 e. The van der Waals surface area contributed by atoms with Crippen molar-refractivity contribution in [3.63, 3.8) is 0 Å². The van der Waals surface area contributed by atoms with E-state index < -0.39 is 17.0 Å². The number of carboxylic acids is 1. The first kappa shape index (κ1) is 16.9. The maximum absolute atomic E-state index is 12.6. The SMILES string of the molecule is CC1(CCC(=O)O)C(=O)CCC2C1CCC1(C)C2CCC1(C)O. The van der Waals surface area contributed by atoms with Gasteiger partial charge in [-0.1, -0.05) is 13.8 Å². The highest BCUT2D eigenvalue weighted by molar-refractivity contribution is 5.86. The Morgan fingerprint density at radius 2 is 1.78 bits per heavy atom. The Balaban J connectivity index is 1.88. The topological polar surface area (TPSA) is 74.6 Å². The number of carboxylic acid groups (broad SMARTS) is 1. The highest BCUT2D eigenvalue weighted by Gasteiger charge is 2.62. The zero-order valence-corrected chi connectivity index (χ0v) is 14.6. The number of rotatable bonds is 3. The molecule has 0 aromatic heterocycles. The molecule has 0 bridgehead atoms. The van der Waals surface area contributed by atoms with Crippen LogP contribution in [-0.2, 0) is 9.59 Å². The van der Waals surface area contributed by atoms with E-state index in [1.165, 1.54) is 0 Å². The van der Waals surface area contributed by atoms with Crippen molar-refractivity contribution in [3.8, 4) is 0 Å². The van der Waals surface area contributed by atoms with Gasteiger partial charge in [0, 0.05) is 18.3 Å². The molecule has 0 saturated heterocycles. The smallest absolute Gasteiger partial charge is 0.303 e. The molecule has 0 spiro atoms. The molecule has 0 radical (unpaired) electrons. The fourth-order valence-electron chi connectivity index (χ4n) is 6.21. The average Bonchev–Trinajstić information content (AvgIpc) is 2.72. The monoisotopic (exact) mass is 322 g/mol. The van der Waals surface area contributed by atoms with Gasteiger partial charge < -0.3 is 10.2 Å². The van der Waals surface area contributed by atoms with Gasteiger partial charge in [0.2, 0.25) is 0 Å². The van der Waals surface area contributed by atoms with Crippen molar-refractivity contribution >= 4 is 11.8 Å². The lowest BCUT2D eigenvalue weighted by atomic mass is 9.48. The Kier molecular flexibility index (Phi) is 3.90. The van der Waals surface area contributed by atoms with Crippen LogP contribution >= 0.6 is 0 Å². The van der Waals surface area contributed by atoms with Gasteiger partial charge in [-0.2, -0.15) is 0 Å². The Labute approximate surface area is 138 Å². The summed E-state index contributed by atoms with van der Waals surface area (Å²) >= 11 is 0. The van der Waals surface area contributed by atoms with Gasteiger partial charge in [0.15, 0.2) is 0 Å². The molecule has 23 heavy (non-hydrogen) atoms. The van der Waals surface area contributed by atoms with Crippen molar-refractivity contribution in [2.75, 3.05) is 0 Å². The fraction of sp³-hybridized carbons (Fsp3) is 0.895. The molecule has 0 aromatic carbocycles. The van der Waals surface area contributed by atoms with Crippen LogP contribution in [0.25, 0.3) is 0 Å². The fourth-order valence-corrected chi connectivity index (χ4v) is 6.21. The van der Waals surface area contributed by atoms with Crippen LogP contribution in [0.15, 0.2) is 0 Å². The third-order valence-corrected chi connectivity index (χ3v) is 8.02. The molecule has 0 amide bonds. The number of hydrogen-bond donors (Lipinski definition) is 2. The molecule has 6 unspecified atom stereocenters. The predicted molar refractivity (Wildman–Crippen MR) is 86.9 cm³/mol. The van der Waals surface area contributed by atoms with Crippen LogP contribution in [0.4, 0.5) is 0 Å². The summed E-state index contributed by atoms with van der Waals surface area (Å²) in [5.74, 6) is 0.654. The lowest BCUT2D eigenvalue weighted by Crippen LogP contribution is -2.55. The molecule has 4 nitrogen and oxygen atoms in total. The zero-order chi connectivity index (χ0) is 17.0. The molecule has 0 heterocycles. The number of aliphatic hydroxyl groups is 1. The second-order valence-electron chi connectivity index (χ2n) is 8.92. The molecular weight excluding hydrogens is 292 g/mol. The molecule has 3 saturated carbocycles. The molecule has 3 fully saturated rings. The molecule has 2 N–H and O–H groups in total. The minimum atomic E-state index is -0.814. The van der Waals surface area contributed by atoms with Crippen molar-refractivity contribution < 1.29 is 19.8 Å². The summed E-state index contributed by atoms with van der Waals surface area (Å²) in [5.41, 5.74) is -1.15. The van der Waals surface area contributed by atoms with Crippen molar-refractivity contribution in [1.29, 1.82) is 0 Å². The number of fused-ring (bicyclic) bond motifs is 3. The number of carbonyl (C=O) groups is 2. The van der Waals surface area contributed by atoms with E-state index in [4.69, 9.17) is 5.11 Å². The summed E-state index contributed by atoms with van der Waals surface area (Å²) in [6, 6.07) is 0. The summed E-state index contributed by atoms with van der Waals surface area (Å²) in [6.45, 7) is 6.21. The van der Waals surface area contributed by atoms with Crippen LogP contribution in [0.1, 0.15) is 72.1 Å². The molecule has 3 aliphatic rings. The van der Waals surface area contributed by atoms with Crippen LogP contribution < -0.4 is 0 Å². The van der Waals surface area contributed by atoms with E-state index in [-0.39, 0.29) is 23.5 Å². The van der Waals surface area contributed by atoms with E-state index in [0.29, 0.717) is 24.7 Å². The molecule has 0 aromatic rings. The van der Waals surface area contributed by atoms with Gasteiger partial charge in [-0.3, -0.25) is 9.59 Å². The summed E-state index contributed by atoms with van der Waals surface area (Å²) in [6.07, 6.45) is 5.80. The van der Waals surface area contributed by atoms with Gasteiger partial charge in [-0.15, -0.1) is 0 Å². The lowest BCUT2D eigenvalue weighted by Gasteiger charge is -2.56. The number of carbonyl (C=O) groups excluding carboxylic acids is 1. The molecular formula is C19H30O4. The van der Waals surface area contributed by atoms with Crippen LogP contribution in [0.5, 0.6) is 0 Å². The summed E-state index contributed by atoms with van der Waals surface area (Å²) < 4.78 is 0. The first-order chi connectivity index (χ1) is 10.6. The Morgan fingerprint density at radius 1 is 1.13 bits per heavy atom. The van der Waals surface area contributed by atoms with Gasteiger partial charge in [-0.25, -0.2) is 0 Å². The lowest BCUT2D eigenvalue weighted by molar-refractivity contribution is -0.154. The Hall–Kier alpha value is -0.900. The van der Waals surface area contributed by atoms with Crippen LogP contribution in [0, 0.1) is 28.6 Å². The third kappa shape index (κ3) is 2.36. The first-order valence-electron chi connectivity index (χ1n) is 9.09. The molecule has 3 aliphatic carbocycles. The Bertz CT molecular complexity index is 525. The van der Waals surface area contributed by atoms with Crippen molar-refractivity contribution in [1.82, 2.24) is 0 Å². The van der Waals surface area contributed by atoms with Crippen molar-refractivity contribution in [3.05, 3.63) is 0 Å². The van der Waals surface area contributed by atoms with Crippen LogP contribution in [0.3, 0.4) is 0 Å². The number of Topliss-reactive ketones (excluding diaryl/α,β-unsaturated/α-hetero) is 1. The van der Waals surface area contributed by atoms with Gasteiger partial charge in [0.25, 0.3) is 0 Å². The first-order valence-corrected chi connectivity index (χ1v) is 9.09. The van der Waals surface area contributed by atoms with Gasteiger partial charge in [-0.05, 0) is 68.6 Å². The zero-order valence-electron chi connectivity index (χ0n) is 14.6. The molecule has 4 heteroatoms. The number of aliphatic carboxylic acids is 1. The highest BCUT2D eigenvalue weighted by Crippen LogP contribution is 2.65. The molecule has 130 valence electrons. The molecule has 0 aliphatic heterocycles. The van der Waals surface area contributed by atoms with E-state index in [9.17, 15) is 14.7 Å². The van der Waals surface area contributed by atoms with Crippen molar-refractivity contribution in [2.45, 2.75) is 77.7 Å². The predicted octanol–water partition coefficient (Wildman–Crippen LogP) is 3.41. The van der Waals surface area contributed by atoms with Crippen LogP contribution in [0.2, 0.25) is 0 Å².